The average Bonchev–Trinajstić information content (AvgIpc) is 2.28. The minimum atomic E-state index is 0.00547. The van der Waals surface area contributed by atoms with Crippen molar-refractivity contribution in [1.82, 2.24) is 10.3 Å². The highest BCUT2D eigenvalue weighted by Gasteiger charge is 2.19. The molecule has 1 rings (SSSR count). The summed E-state index contributed by atoms with van der Waals surface area (Å²) in [7, 11) is 0. The summed E-state index contributed by atoms with van der Waals surface area (Å²) in [5, 5.41) is 3.46. The highest BCUT2D eigenvalue weighted by atomic mass is 35.5. The van der Waals surface area contributed by atoms with Crippen molar-refractivity contribution >= 4 is 11.6 Å². The highest BCUT2D eigenvalue weighted by molar-refractivity contribution is 6.18. The number of hydrogen-bond acceptors (Lipinski definition) is 2. The maximum absolute atomic E-state index is 5.93. The predicted molar refractivity (Wildman–Crippen MR) is 65.2 cm³/mol. The summed E-state index contributed by atoms with van der Waals surface area (Å²) >= 11 is 5.93. The lowest BCUT2D eigenvalue weighted by atomic mass is 10.0. The molecule has 1 heterocycles. The molecule has 1 aromatic heterocycles. The number of nitrogens with one attached hydrogen (secondary N) is 1. The monoisotopic (exact) mass is 226 g/mol. The number of halogens is 1. The second-order valence-corrected chi connectivity index (χ2v) is 4.44. The fourth-order valence-electron chi connectivity index (χ4n) is 1.27. The van der Waals surface area contributed by atoms with E-state index >= 15 is 0 Å². The van der Waals surface area contributed by atoms with Crippen molar-refractivity contribution in [2.45, 2.75) is 39.3 Å². The maximum atomic E-state index is 5.93. The van der Waals surface area contributed by atoms with Crippen molar-refractivity contribution in [1.29, 1.82) is 0 Å². The molecular formula is C12H19ClN2. The Morgan fingerprint density at radius 2 is 2.27 bits per heavy atom. The summed E-state index contributed by atoms with van der Waals surface area (Å²) in [5.74, 6) is 0.620. The van der Waals surface area contributed by atoms with E-state index in [1.165, 1.54) is 5.56 Å². The van der Waals surface area contributed by atoms with Gasteiger partial charge >= 0.3 is 0 Å². The number of alkyl halides is 1. The molecule has 1 unspecified atom stereocenters. The van der Waals surface area contributed by atoms with Gasteiger partial charge in [-0.05, 0) is 31.9 Å². The van der Waals surface area contributed by atoms with Crippen LogP contribution < -0.4 is 5.32 Å². The molecule has 0 bridgehead atoms. The summed E-state index contributed by atoms with van der Waals surface area (Å²) < 4.78 is 0. The molecule has 0 saturated heterocycles. The van der Waals surface area contributed by atoms with E-state index in [0.29, 0.717) is 5.88 Å². The molecule has 0 radical (unpaired) electrons. The number of hydrogen-bond donors (Lipinski definition) is 1. The van der Waals surface area contributed by atoms with Crippen LogP contribution in [0.15, 0.2) is 18.3 Å². The zero-order chi connectivity index (χ0) is 11.3. The molecule has 1 atom stereocenters. The van der Waals surface area contributed by atoms with Gasteiger partial charge in [-0.25, -0.2) is 0 Å². The topological polar surface area (TPSA) is 24.9 Å². The van der Waals surface area contributed by atoms with E-state index in [2.05, 4.69) is 37.1 Å². The summed E-state index contributed by atoms with van der Waals surface area (Å²) in [6.45, 7) is 7.14. The van der Waals surface area contributed by atoms with Crippen LogP contribution in [-0.4, -0.2) is 16.4 Å². The Hall–Kier alpha value is -0.600. The van der Waals surface area contributed by atoms with Crippen LogP contribution in [0.1, 0.15) is 31.5 Å². The quantitative estimate of drug-likeness (QED) is 0.781. The van der Waals surface area contributed by atoms with Crippen molar-refractivity contribution in [3.63, 3.8) is 0 Å². The maximum Gasteiger partial charge on any atom is 0.0570 e. The summed E-state index contributed by atoms with van der Waals surface area (Å²) in [5.41, 5.74) is 2.33. The Balaban J connectivity index is 2.61. The second-order valence-electron chi connectivity index (χ2n) is 4.17. The Morgan fingerprint density at radius 3 is 2.80 bits per heavy atom. The smallest absolute Gasteiger partial charge is 0.0570 e. The average molecular weight is 227 g/mol. The lowest BCUT2D eigenvalue weighted by Gasteiger charge is -2.27. The van der Waals surface area contributed by atoms with E-state index in [1.54, 1.807) is 0 Å². The van der Waals surface area contributed by atoms with Crippen LogP contribution in [-0.2, 0) is 6.54 Å². The third-order valence-electron chi connectivity index (χ3n) is 2.88. The first-order chi connectivity index (χ1) is 7.11. The molecule has 0 spiro atoms. The van der Waals surface area contributed by atoms with E-state index in [0.717, 1.165) is 18.7 Å². The lowest BCUT2D eigenvalue weighted by molar-refractivity contribution is 0.377. The minimum Gasteiger partial charge on any atom is -0.305 e. The third kappa shape index (κ3) is 3.47. The largest absolute Gasteiger partial charge is 0.305 e. The fraction of sp³-hybridized carbons (Fsp3) is 0.583. The Morgan fingerprint density at radius 1 is 1.53 bits per heavy atom. The molecular weight excluding hydrogens is 208 g/mol. The summed E-state index contributed by atoms with van der Waals surface area (Å²) in [6, 6.07) is 4.04. The molecule has 0 aliphatic carbocycles. The first-order valence-corrected chi connectivity index (χ1v) is 5.86. The van der Waals surface area contributed by atoms with Gasteiger partial charge in [-0.2, -0.15) is 0 Å². The van der Waals surface area contributed by atoms with Gasteiger partial charge < -0.3 is 5.32 Å². The molecule has 2 nitrogen and oxygen atoms in total. The Bertz CT molecular complexity index is 308. The first-order valence-electron chi connectivity index (χ1n) is 5.33. The van der Waals surface area contributed by atoms with Crippen molar-refractivity contribution in [2.75, 3.05) is 5.88 Å². The zero-order valence-corrected chi connectivity index (χ0v) is 10.4. The van der Waals surface area contributed by atoms with Crippen molar-refractivity contribution in [3.05, 3.63) is 29.6 Å². The zero-order valence-electron chi connectivity index (χ0n) is 9.68. The van der Waals surface area contributed by atoms with Gasteiger partial charge in [0.05, 0.1) is 5.69 Å². The van der Waals surface area contributed by atoms with Crippen molar-refractivity contribution in [3.8, 4) is 0 Å². The SMILES string of the molecule is CCC(C)(CCl)NCc1ncccc1C. The van der Waals surface area contributed by atoms with Crippen LogP contribution in [0.4, 0.5) is 0 Å². The standard InChI is InChI=1S/C12H19ClN2/c1-4-12(3,9-13)15-8-11-10(2)6-5-7-14-11/h5-7,15H,4,8-9H2,1-3H3. The van der Waals surface area contributed by atoms with Crippen LogP contribution in [0.5, 0.6) is 0 Å². The minimum absolute atomic E-state index is 0.00547. The second kappa shape index (κ2) is 5.47. The summed E-state index contributed by atoms with van der Waals surface area (Å²) in [4.78, 5) is 4.34. The molecule has 15 heavy (non-hydrogen) atoms. The molecule has 0 aromatic carbocycles. The van der Waals surface area contributed by atoms with Gasteiger partial charge in [0.2, 0.25) is 0 Å². The van der Waals surface area contributed by atoms with Crippen LogP contribution >= 0.6 is 11.6 Å². The molecule has 0 aliphatic rings. The normalized spacial score (nSPS) is 14.9. The van der Waals surface area contributed by atoms with Gasteiger partial charge in [0, 0.05) is 24.2 Å². The Labute approximate surface area is 97.1 Å². The number of pyridine rings is 1. The van der Waals surface area contributed by atoms with Crippen molar-refractivity contribution < 1.29 is 0 Å². The van der Waals surface area contributed by atoms with Crippen LogP contribution in [0.3, 0.4) is 0 Å². The first kappa shape index (κ1) is 12.5. The number of rotatable bonds is 5. The molecule has 1 N–H and O–H groups in total. The van der Waals surface area contributed by atoms with Gasteiger partial charge in [-0.3, -0.25) is 4.98 Å². The van der Waals surface area contributed by atoms with Gasteiger partial charge in [0.25, 0.3) is 0 Å². The van der Waals surface area contributed by atoms with E-state index in [-0.39, 0.29) is 5.54 Å². The molecule has 84 valence electrons. The molecule has 0 fully saturated rings. The van der Waals surface area contributed by atoms with Gasteiger partial charge in [-0.15, -0.1) is 11.6 Å². The van der Waals surface area contributed by atoms with E-state index in [4.69, 9.17) is 11.6 Å². The van der Waals surface area contributed by atoms with Crippen LogP contribution in [0.2, 0.25) is 0 Å². The number of aryl methyl sites for hydroxylation is 1. The van der Waals surface area contributed by atoms with Crippen molar-refractivity contribution in [2.24, 2.45) is 0 Å². The predicted octanol–water partition coefficient (Wildman–Crippen LogP) is 2.89. The number of nitrogens with zero attached hydrogens (tertiary/aromatic N) is 1. The number of aromatic nitrogens is 1. The van der Waals surface area contributed by atoms with Gasteiger partial charge in [0.1, 0.15) is 0 Å². The Kier molecular flexibility index (Phi) is 4.55. The molecule has 1 aromatic rings. The lowest BCUT2D eigenvalue weighted by Crippen LogP contribution is -2.43. The molecule has 0 aliphatic heterocycles. The summed E-state index contributed by atoms with van der Waals surface area (Å²) in [6.07, 6.45) is 2.84. The van der Waals surface area contributed by atoms with Crippen LogP contribution in [0, 0.1) is 6.92 Å². The third-order valence-corrected chi connectivity index (χ3v) is 3.47. The van der Waals surface area contributed by atoms with Gasteiger partial charge in [-0.1, -0.05) is 13.0 Å². The fourth-order valence-corrected chi connectivity index (χ4v) is 1.55. The van der Waals surface area contributed by atoms with E-state index < -0.39 is 0 Å². The molecule has 0 saturated carbocycles. The molecule has 0 amide bonds. The van der Waals surface area contributed by atoms with Crippen LogP contribution in [0.25, 0.3) is 0 Å². The van der Waals surface area contributed by atoms with Gasteiger partial charge in [0.15, 0.2) is 0 Å². The van der Waals surface area contributed by atoms with E-state index in [1.807, 2.05) is 12.3 Å². The highest BCUT2D eigenvalue weighted by Crippen LogP contribution is 2.13. The van der Waals surface area contributed by atoms with E-state index in [9.17, 15) is 0 Å². The molecule has 3 heteroatoms.